The number of non-ortho nitro benzene ring substituents is 1. The summed E-state index contributed by atoms with van der Waals surface area (Å²) < 4.78 is 10.0. The van der Waals surface area contributed by atoms with Crippen LogP contribution in [0.25, 0.3) is 0 Å². The van der Waals surface area contributed by atoms with Gasteiger partial charge >= 0.3 is 6.16 Å². The number of fused-ring (bicyclic) bond motifs is 1. The molecule has 0 aromatic heterocycles. The molecule has 1 aliphatic rings. The van der Waals surface area contributed by atoms with Crippen molar-refractivity contribution in [3.63, 3.8) is 0 Å². The number of hydrogen-bond acceptors (Lipinski definition) is 6. The van der Waals surface area contributed by atoms with Gasteiger partial charge in [-0.3, -0.25) is 10.1 Å². The van der Waals surface area contributed by atoms with Gasteiger partial charge in [0.1, 0.15) is 5.75 Å². The summed E-state index contributed by atoms with van der Waals surface area (Å²) in [6.07, 6.45) is -0.940. The molecular weight excluding hydrogens is 288 g/mol. The number of rotatable bonds is 2. The molecule has 0 N–H and O–H groups in total. The Morgan fingerprint density at radius 2 is 1.82 bits per heavy atom. The topological polar surface area (TPSA) is 91.0 Å². The zero-order chi connectivity index (χ0) is 15.5. The summed E-state index contributed by atoms with van der Waals surface area (Å²) in [4.78, 5) is 25.9. The van der Waals surface area contributed by atoms with Gasteiger partial charge in [0.05, 0.1) is 11.5 Å². The zero-order valence-corrected chi connectivity index (χ0v) is 11.3. The summed E-state index contributed by atoms with van der Waals surface area (Å²) in [6.45, 7) is 0.455. The molecule has 0 radical (unpaired) electrons. The van der Waals surface area contributed by atoms with Gasteiger partial charge in [-0.1, -0.05) is 18.2 Å². The van der Waals surface area contributed by atoms with Gasteiger partial charge in [-0.2, -0.15) is 0 Å². The highest BCUT2D eigenvalue weighted by atomic mass is 16.7. The summed E-state index contributed by atoms with van der Waals surface area (Å²) in [6, 6.07) is 12.5. The van der Waals surface area contributed by atoms with Crippen LogP contribution in [0, 0.1) is 10.1 Å². The van der Waals surface area contributed by atoms with Gasteiger partial charge in [0.15, 0.2) is 0 Å². The average molecular weight is 298 g/mol. The van der Waals surface area contributed by atoms with E-state index in [2.05, 4.69) is 4.99 Å². The van der Waals surface area contributed by atoms with Crippen LogP contribution in [0.2, 0.25) is 0 Å². The molecule has 1 heterocycles. The number of ether oxygens (including phenoxy) is 2. The fourth-order valence-corrected chi connectivity index (χ4v) is 2.03. The van der Waals surface area contributed by atoms with Crippen molar-refractivity contribution in [3.05, 3.63) is 69.8 Å². The van der Waals surface area contributed by atoms with Crippen LogP contribution in [0.15, 0.2) is 53.5 Å². The molecule has 0 saturated carbocycles. The number of nitro benzene ring substituents is 1. The predicted molar refractivity (Wildman–Crippen MR) is 76.9 cm³/mol. The van der Waals surface area contributed by atoms with Crippen molar-refractivity contribution in [1.82, 2.24) is 0 Å². The maximum Gasteiger partial charge on any atom is 0.520 e. The van der Waals surface area contributed by atoms with Crippen LogP contribution < -0.4 is 4.74 Å². The van der Waals surface area contributed by atoms with E-state index in [4.69, 9.17) is 9.47 Å². The van der Waals surface area contributed by atoms with E-state index >= 15 is 0 Å². The first-order chi connectivity index (χ1) is 10.6. The van der Waals surface area contributed by atoms with Crippen LogP contribution in [-0.4, -0.2) is 17.0 Å². The molecule has 0 aliphatic carbocycles. The van der Waals surface area contributed by atoms with Gasteiger partial charge in [0.25, 0.3) is 5.69 Å². The van der Waals surface area contributed by atoms with Crippen molar-refractivity contribution in [2.75, 3.05) is 0 Å². The van der Waals surface area contributed by atoms with Gasteiger partial charge < -0.3 is 9.47 Å². The van der Waals surface area contributed by atoms with Gasteiger partial charge in [-0.25, -0.2) is 9.79 Å². The van der Waals surface area contributed by atoms with E-state index < -0.39 is 11.1 Å². The van der Waals surface area contributed by atoms with Gasteiger partial charge in [-0.15, -0.1) is 0 Å². The van der Waals surface area contributed by atoms with E-state index in [1.165, 1.54) is 24.3 Å². The maximum atomic E-state index is 11.7. The molecule has 110 valence electrons. The fourth-order valence-electron chi connectivity index (χ4n) is 2.03. The second-order valence-electron chi connectivity index (χ2n) is 4.48. The Labute approximate surface area is 125 Å². The number of benzene rings is 2. The summed E-state index contributed by atoms with van der Waals surface area (Å²) in [5.41, 5.74) is 1.64. The fraction of sp³-hybridized carbons (Fsp3) is 0.0667. The molecule has 1 aliphatic heterocycles. The third-order valence-corrected chi connectivity index (χ3v) is 3.07. The molecular formula is C15H10N2O5. The quantitative estimate of drug-likeness (QED) is 0.368. The van der Waals surface area contributed by atoms with Crippen LogP contribution in [-0.2, 0) is 11.3 Å². The normalized spacial score (nSPS) is 12.3. The smallest absolute Gasteiger partial charge is 0.395 e. The number of aliphatic imine (C=N–C) groups is 1. The lowest BCUT2D eigenvalue weighted by Gasteiger charge is -2.06. The standard InChI is InChI=1S/C15H10N2O5/c18-15(21-12-7-5-11(6-8-12)17(19)20)22-14-13-4-2-1-3-10(13)9-16-14/h1-8H,9H2. The number of nitro groups is 1. The Balaban J connectivity index is 1.65. The first-order valence-corrected chi connectivity index (χ1v) is 6.40. The van der Waals surface area contributed by atoms with E-state index in [-0.39, 0.29) is 17.3 Å². The van der Waals surface area contributed by atoms with Gasteiger partial charge in [0.2, 0.25) is 5.90 Å². The Hall–Kier alpha value is -3.22. The summed E-state index contributed by atoms with van der Waals surface area (Å²) in [7, 11) is 0. The zero-order valence-electron chi connectivity index (χ0n) is 11.3. The predicted octanol–water partition coefficient (Wildman–Crippen LogP) is 3.07. The van der Waals surface area contributed by atoms with Crippen molar-refractivity contribution in [3.8, 4) is 5.75 Å². The minimum absolute atomic E-state index is 0.0881. The highest BCUT2D eigenvalue weighted by Gasteiger charge is 2.20. The molecule has 0 spiro atoms. The molecule has 0 amide bonds. The molecule has 0 atom stereocenters. The van der Waals surface area contributed by atoms with Crippen LogP contribution in [0.3, 0.4) is 0 Å². The Morgan fingerprint density at radius 1 is 1.09 bits per heavy atom. The molecule has 2 aromatic carbocycles. The molecule has 2 aromatic rings. The second kappa shape index (κ2) is 5.65. The van der Waals surface area contributed by atoms with E-state index in [1.807, 2.05) is 18.2 Å². The summed E-state index contributed by atoms with van der Waals surface area (Å²) in [5, 5.41) is 10.5. The van der Waals surface area contributed by atoms with Crippen molar-refractivity contribution in [2.24, 2.45) is 4.99 Å². The molecule has 7 heteroatoms. The number of carbonyl (C=O) groups excluding carboxylic acids is 1. The summed E-state index contributed by atoms with van der Waals surface area (Å²) >= 11 is 0. The van der Waals surface area contributed by atoms with Gasteiger partial charge in [-0.05, 0) is 23.8 Å². The van der Waals surface area contributed by atoms with Gasteiger partial charge in [0, 0.05) is 17.7 Å². The SMILES string of the molecule is O=C(OC1=NCc2ccccc21)Oc1ccc([N+](=O)[O-])cc1. The van der Waals surface area contributed by atoms with Crippen LogP contribution >= 0.6 is 0 Å². The monoisotopic (exact) mass is 298 g/mol. The summed E-state index contributed by atoms with van der Waals surface area (Å²) in [5.74, 6) is 0.366. The minimum atomic E-state index is -0.940. The van der Waals surface area contributed by atoms with Crippen LogP contribution in [0.5, 0.6) is 5.75 Å². The molecule has 3 rings (SSSR count). The maximum absolute atomic E-state index is 11.7. The second-order valence-corrected chi connectivity index (χ2v) is 4.48. The van der Waals surface area contributed by atoms with E-state index in [9.17, 15) is 14.9 Å². The Bertz CT molecular complexity index is 768. The third kappa shape index (κ3) is 2.78. The number of nitrogens with zero attached hydrogens (tertiary/aromatic N) is 2. The first kappa shape index (κ1) is 13.7. The van der Waals surface area contributed by atoms with Crippen molar-refractivity contribution in [2.45, 2.75) is 6.54 Å². The van der Waals surface area contributed by atoms with Crippen molar-refractivity contribution < 1.29 is 19.2 Å². The molecule has 0 saturated heterocycles. The van der Waals surface area contributed by atoms with Crippen molar-refractivity contribution in [1.29, 1.82) is 0 Å². The van der Waals surface area contributed by atoms with Crippen molar-refractivity contribution >= 4 is 17.7 Å². The lowest BCUT2D eigenvalue weighted by atomic mass is 10.1. The molecule has 7 nitrogen and oxygen atoms in total. The first-order valence-electron chi connectivity index (χ1n) is 6.40. The Kier molecular flexibility index (Phi) is 3.53. The molecule has 0 bridgehead atoms. The number of carbonyl (C=O) groups is 1. The highest BCUT2D eigenvalue weighted by molar-refractivity contribution is 6.02. The highest BCUT2D eigenvalue weighted by Crippen LogP contribution is 2.21. The molecule has 0 fully saturated rings. The van der Waals surface area contributed by atoms with Crippen LogP contribution in [0.4, 0.5) is 10.5 Å². The van der Waals surface area contributed by atoms with Crippen LogP contribution in [0.1, 0.15) is 11.1 Å². The minimum Gasteiger partial charge on any atom is -0.395 e. The number of hydrogen-bond donors (Lipinski definition) is 0. The third-order valence-electron chi connectivity index (χ3n) is 3.07. The lowest BCUT2D eigenvalue weighted by Crippen LogP contribution is -2.16. The van der Waals surface area contributed by atoms with E-state index in [0.717, 1.165) is 11.1 Å². The Morgan fingerprint density at radius 3 is 2.55 bits per heavy atom. The largest absolute Gasteiger partial charge is 0.520 e. The molecule has 0 unspecified atom stereocenters. The molecule has 22 heavy (non-hydrogen) atoms. The average Bonchev–Trinajstić information content (AvgIpc) is 2.91. The van der Waals surface area contributed by atoms with E-state index in [1.54, 1.807) is 6.07 Å². The van der Waals surface area contributed by atoms with E-state index in [0.29, 0.717) is 6.54 Å². The lowest BCUT2D eigenvalue weighted by molar-refractivity contribution is -0.384.